The summed E-state index contributed by atoms with van der Waals surface area (Å²) < 4.78 is 0. The molecule has 0 aliphatic carbocycles. The van der Waals surface area contributed by atoms with Gasteiger partial charge in [-0.15, -0.1) is 0 Å². The van der Waals surface area contributed by atoms with Crippen LogP contribution in [0, 0.1) is 0 Å². The molecule has 4 rings (SSSR count). The number of hydrogen-bond acceptors (Lipinski definition) is 3. The summed E-state index contributed by atoms with van der Waals surface area (Å²) >= 11 is 0. The van der Waals surface area contributed by atoms with Gasteiger partial charge in [-0.2, -0.15) is 0 Å². The quantitative estimate of drug-likeness (QED) is 0.406. The number of amides is 1. The first kappa shape index (κ1) is 19.4. The highest BCUT2D eigenvalue weighted by Crippen LogP contribution is 2.27. The van der Waals surface area contributed by atoms with E-state index in [4.69, 9.17) is 0 Å². The molecular weight excluding hydrogens is 372 g/mol. The molecule has 30 heavy (non-hydrogen) atoms. The van der Waals surface area contributed by atoms with Crippen LogP contribution in [0.1, 0.15) is 24.0 Å². The molecule has 0 radical (unpaired) electrons. The molecule has 0 bridgehead atoms. The van der Waals surface area contributed by atoms with Crippen molar-refractivity contribution in [2.24, 2.45) is 4.99 Å². The zero-order valence-corrected chi connectivity index (χ0v) is 16.6. The van der Waals surface area contributed by atoms with Gasteiger partial charge in [0, 0.05) is 17.5 Å². The molecule has 4 aromatic carbocycles. The predicted octanol–water partition coefficient (Wildman–Crippen LogP) is 6.04. The van der Waals surface area contributed by atoms with Crippen molar-refractivity contribution in [3.05, 3.63) is 102 Å². The molecule has 4 nitrogen and oxygen atoms in total. The Labute approximate surface area is 175 Å². The van der Waals surface area contributed by atoms with E-state index in [-0.39, 0.29) is 17.6 Å². The van der Waals surface area contributed by atoms with Crippen LogP contribution in [0.5, 0.6) is 5.75 Å². The summed E-state index contributed by atoms with van der Waals surface area (Å²) in [6.45, 7) is 1.88. The zero-order valence-electron chi connectivity index (χ0n) is 16.6. The van der Waals surface area contributed by atoms with Crippen LogP contribution < -0.4 is 5.32 Å². The minimum atomic E-state index is -0.258. The molecule has 1 atom stereocenters. The Hall–Kier alpha value is -3.92. The van der Waals surface area contributed by atoms with Crippen molar-refractivity contribution < 1.29 is 9.90 Å². The van der Waals surface area contributed by atoms with Gasteiger partial charge in [0.1, 0.15) is 5.75 Å². The van der Waals surface area contributed by atoms with E-state index in [9.17, 15) is 9.90 Å². The summed E-state index contributed by atoms with van der Waals surface area (Å²) in [6.07, 6.45) is 1.66. The van der Waals surface area contributed by atoms with Crippen molar-refractivity contribution in [2.45, 2.75) is 12.8 Å². The van der Waals surface area contributed by atoms with Crippen LogP contribution in [-0.4, -0.2) is 17.2 Å². The lowest BCUT2D eigenvalue weighted by atomic mass is 10.0. The van der Waals surface area contributed by atoms with Crippen LogP contribution in [0.4, 0.5) is 11.4 Å². The fraction of sp³-hybridized carbons (Fsp3) is 0.0769. The van der Waals surface area contributed by atoms with Crippen molar-refractivity contribution in [1.29, 1.82) is 0 Å². The molecule has 1 amide bonds. The first-order valence-electron chi connectivity index (χ1n) is 9.82. The molecule has 0 aliphatic heterocycles. The van der Waals surface area contributed by atoms with Crippen LogP contribution in [0.3, 0.4) is 0 Å². The van der Waals surface area contributed by atoms with Crippen LogP contribution in [-0.2, 0) is 4.79 Å². The summed E-state index contributed by atoms with van der Waals surface area (Å²) in [6, 6.07) is 28.4. The Morgan fingerprint density at radius 2 is 1.70 bits per heavy atom. The molecule has 0 aliphatic rings. The summed E-state index contributed by atoms with van der Waals surface area (Å²) in [7, 11) is 0. The normalized spacial score (nSPS) is 12.2. The largest absolute Gasteiger partial charge is 0.507 e. The highest BCUT2D eigenvalue weighted by molar-refractivity contribution is 6.03. The second-order valence-electron chi connectivity index (χ2n) is 7.15. The second-order valence-corrected chi connectivity index (χ2v) is 7.15. The molecule has 0 unspecified atom stereocenters. The van der Waals surface area contributed by atoms with Gasteiger partial charge in [0.05, 0.1) is 11.6 Å². The van der Waals surface area contributed by atoms with Crippen LogP contribution in [0.15, 0.2) is 96.0 Å². The number of benzene rings is 4. The molecule has 0 aromatic heterocycles. The van der Waals surface area contributed by atoms with E-state index in [1.165, 1.54) is 0 Å². The molecule has 2 N–H and O–H groups in total. The minimum absolute atomic E-state index is 0.0750. The second kappa shape index (κ2) is 8.62. The lowest BCUT2D eigenvalue weighted by molar-refractivity contribution is -0.117. The molecule has 0 saturated carbocycles. The average Bonchev–Trinajstić information content (AvgIpc) is 2.78. The van der Waals surface area contributed by atoms with Crippen molar-refractivity contribution in [3.63, 3.8) is 0 Å². The van der Waals surface area contributed by atoms with Crippen molar-refractivity contribution in [1.82, 2.24) is 0 Å². The first-order valence-corrected chi connectivity index (χ1v) is 9.82. The van der Waals surface area contributed by atoms with E-state index in [1.807, 2.05) is 91.9 Å². The van der Waals surface area contributed by atoms with Gasteiger partial charge < -0.3 is 10.4 Å². The fourth-order valence-corrected chi connectivity index (χ4v) is 3.37. The van der Waals surface area contributed by atoms with Gasteiger partial charge in [0.25, 0.3) is 0 Å². The Morgan fingerprint density at radius 3 is 2.53 bits per heavy atom. The minimum Gasteiger partial charge on any atom is -0.507 e. The molecule has 148 valence electrons. The van der Waals surface area contributed by atoms with E-state index in [2.05, 4.69) is 10.3 Å². The SMILES string of the molecule is C[C@H](C(=O)Nc1cccc(N=Cc2c(O)ccc3ccccc23)c1)c1ccccc1. The number of phenols is 1. The molecule has 4 heteroatoms. The van der Waals surface area contributed by atoms with E-state index < -0.39 is 0 Å². The maximum Gasteiger partial charge on any atom is 0.231 e. The zero-order chi connectivity index (χ0) is 20.9. The summed E-state index contributed by atoms with van der Waals surface area (Å²) in [4.78, 5) is 17.1. The smallest absolute Gasteiger partial charge is 0.231 e. The summed E-state index contributed by atoms with van der Waals surface area (Å²) in [5.74, 6) is -0.154. The number of hydrogen-bond donors (Lipinski definition) is 2. The van der Waals surface area contributed by atoms with Crippen LogP contribution in [0.2, 0.25) is 0 Å². The van der Waals surface area contributed by atoms with E-state index >= 15 is 0 Å². The summed E-state index contributed by atoms with van der Waals surface area (Å²) in [5.41, 5.74) is 3.00. The predicted molar refractivity (Wildman–Crippen MR) is 123 cm³/mol. The van der Waals surface area contributed by atoms with Gasteiger partial charge in [0.2, 0.25) is 5.91 Å². The number of aromatic hydroxyl groups is 1. The number of carbonyl (C=O) groups excluding carboxylic acids is 1. The van der Waals surface area contributed by atoms with Gasteiger partial charge in [-0.05, 0) is 47.5 Å². The summed E-state index contributed by atoms with van der Waals surface area (Å²) in [5, 5.41) is 15.2. The van der Waals surface area contributed by atoms with Gasteiger partial charge >= 0.3 is 0 Å². The highest BCUT2D eigenvalue weighted by atomic mass is 16.3. The molecular formula is C26H22N2O2. The fourth-order valence-electron chi connectivity index (χ4n) is 3.37. The number of carbonyl (C=O) groups is 1. The Bertz CT molecular complexity index is 1220. The number of phenolic OH excluding ortho intramolecular Hbond substituents is 1. The number of anilines is 1. The highest BCUT2D eigenvalue weighted by Gasteiger charge is 2.15. The number of fused-ring (bicyclic) bond motifs is 1. The average molecular weight is 394 g/mol. The van der Waals surface area contributed by atoms with Crippen molar-refractivity contribution >= 4 is 34.3 Å². The molecule has 4 aromatic rings. The van der Waals surface area contributed by atoms with Crippen LogP contribution in [0.25, 0.3) is 10.8 Å². The monoisotopic (exact) mass is 394 g/mol. The van der Waals surface area contributed by atoms with Gasteiger partial charge in [-0.1, -0.05) is 66.7 Å². The van der Waals surface area contributed by atoms with Gasteiger partial charge in [0.15, 0.2) is 0 Å². The first-order chi connectivity index (χ1) is 14.6. The van der Waals surface area contributed by atoms with Crippen LogP contribution >= 0.6 is 0 Å². The van der Waals surface area contributed by atoms with Crippen molar-refractivity contribution in [3.8, 4) is 5.75 Å². The number of nitrogens with one attached hydrogen (secondary N) is 1. The van der Waals surface area contributed by atoms with E-state index in [0.717, 1.165) is 16.3 Å². The Morgan fingerprint density at radius 1 is 0.933 bits per heavy atom. The van der Waals surface area contributed by atoms with Crippen molar-refractivity contribution in [2.75, 3.05) is 5.32 Å². The lowest BCUT2D eigenvalue weighted by Gasteiger charge is -2.12. The lowest BCUT2D eigenvalue weighted by Crippen LogP contribution is -2.18. The Kier molecular flexibility index (Phi) is 5.57. The maximum absolute atomic E-state index is 12.6. The number of aliphatic imine (C=N–C) groups is 1. The molecule has 0 heterocycles. The van der Waals surface area contributed by atoms with Gasteiger partial charge in [-0.3, -0.25) is 9.79 Å². The Balaban J connectivity index is 1.55. The standard InChI is InChI=1S/C26H22N2O2/c1-18(19-8-3-2-4-9-19)26(30)28-22-12-7-11-21(16-22)27-17-24-23-13-6-5-10-20(23)14-15-25(24)29/h2-18,29H,1H3,(H,28,30)/t18-/m0/s1. The number of nitrogens with zero attached hydrogens (tertiary/aromatic N) is 1. The molecule has 0 spiro atoms. The topological polar surface area (TPSA) is 61.7 Å². The number of rotatable bonds is 5. The third kappa shape index (κ3) is 4.23. The third-order valence-electron chi connectivity index (χ3n) is 5.10. The molecule has 0 saturated heterocycles. The van der Waals surface area contributed by atoms with E-state index in [1.54, 1.807) is 12.3 Å². The van der Waals surface area contributed by atoms with Gasteiger partial charge in [-0.25, -0.2) is 0 Å². The molecule has 0 fully saturated rings. The maximum atomic E-state index is 12.6. The third-order valence-corrected chi connectivity index (χ3v) is 5.10. The van der Waals surface area contributed by atoms with E-state index in [0.29, 0.717) is 16.9 Å².